The molecule has 0 aromatic rings. The molecule has 0 heterocycles. The maximum atomic E-state index is 12.7. The number of hydrogen-bond donors (Lipinski definition) is 4. The Morgan fingerprint density at radius 3 is 0.885 bits per heavy atom. The number of aliphatic hydroxyl groups is 1. The maximum absolute atomic E-state index is 12.7. The fourth-order valence-electron chi connectivity index (χ4n) is 8.94. The molecule has 1 amide bonds. The van der Waals surface area contributed by atoms with Gasteiger partial charge < -0.3 is 20.2 Å². The molecule has 0 bridgehead atoms. The standard InChI is InChI=1S/C53H108NO6P/c1-3-5-7-9-11-13-15-17-19-20-21-22-23-24-25-26-27-28-29-30-31-32-33-35-37-39-41-43-45-47-49-53(56)54-51(50-60-61(57,58)59)52(55)48-46-44-42-40-38-36-34-18-16-14-12-10-8-6-4-2/h51-52,55H,3-50H2,1-2H3,(H,54,56)(H2,57,58,59)/t51-,52+/m0/s1. The van der Waals surface area contributed by atoms with Crippen LogP contribution in [0.15, 0.2) is 0 Å². The Balaban J connectivity index is 3.65. The summed E-state index contributed by atoms with van der Waals surface area (Å²) in [6, 6.07) is -0.819. The third-order valence-electron chi connectivity index (χ3n) is 13.1. The van der Waals surface area contributed by atoms with E-state index in [2.05, 4.69) is 19.2 Å². The molecule has 0 saturated carbocycles. The van der Waals surface area contributed by atoms with Crippen molar-refractivity contribution in [3.05, 3.63) is 0 Å². The fraction of sp³-hybridized carbons (Fsp3) is 0.981. The summed E-state index contributed by atoms with van der Waals surface area (Å²) in [5.74, 6) is -0.185. The highest BCUT2D eigenvalue weighted by molar-refractivity contribution is 7.46. The second kappa shape index (κ2) is 49.0. The number of carbonyl (C=O) groups excluding carboxylic acids is 1. The molecule has 0 aromatic heterocycles. The van der Waals surface area contributed by atoms with Crippen molar-refractivity contribution in [1.82, 2.24) is 5.32 Å². The number of amides is 1. The van der Waals surface area contributed by atoms with Gasteiger partial charge in [0.05, 0.1) is 18.8 Å². The SMILES string of the molecule is CCCCCCCCCCCCCCCCCCCCCCCCCCCCCCCCC(=O)N[C@@H](COP(=O)(O)O)[C@H](O)CCCCCCCCCCCCCCCCC. The van der Waals surface area contributed by atoms with Crippen molar-refractivity contribution in [2.45, 2.75) is 328 Å². The number of carbonyl (C=O) groups is 1. The summed E-state index contributed by atoms with van der Waals surface area (Å²) in [6.07, 6.45) is 59.9. The van der Waals surface area contributed by atoms with E-state index in [0.717, 1.165) is 38.5 Å². The smallest absolute Gasteiger partial charge is 0.391 e. The van der Waals surface area contributed by atoms with Crippen molar-refractivity contribution in [1.29, 1.82) is 0 Å². The summed E-state index contributed by atoms with van der Waals surface area (Å²) >= 11 is 0. The lowest BCUT2D eigenvalue weighted by Gasteiger charge is -2.24. The van der Waals surface area contributed by atoms with Crippen molar-refractivity contribution in [3.8, 4) is 0 Å². The lowest BCUT2D eigenvalue weighted by Crippen LogP contribution is -2.46. The molecule has 4 N–H and O–H groups in total. The Hall–Kier alpha value is -0.460. The van der Waals surface area contributed by atoms with Crippen LogP contribution >= 0.6 is 7.82 Å². The zero-order chi connectivity index (χ0) is 44.6. The van der Waals surface area contributed by atoms with Gasteiger partial charge in [-0.05, 0) is 12.8 Å². The molecule has 0 aliphatic rings. The number of phosphoric acid groups is 1. The van der Waals surface area contributed by atoms with Crippen molar-refractivity contribution >= 4 is 13.7 Å². The van der Waals surface area contributed by atoms with E-state index in [9.17, 15) is 24.3 Å². The van der Waals surface area contributed by atoms with Gasteiger partial charge in [-0.3, -0.25) is 9.32 Å². The topological polar surface area (TPSA) is 116 Å². The average Bonchev–Trinajstić information content (AvgIpc) is 3.24. The summed E-state index contributed by atoms with van der Waals surface area (Å²) in [6.45, 7) is 4.17. The van der Waals surface area contributed by atoms with Gasteiger partial charge in [0, 0.05) is 6.42 Å². The average molecular weight is 886 g/mol. The number of phosphoric ester groups is 1. The Morgan fingerprint density at radius 2 is 0.639 bits per heavy atom. The van der Waals surface area contributed by atoms with Crippen LogP contribution in [-0.4, -0.2) is 39.6 Å². The van der Waals surface area contributed by atoms with Crippen molar-refractivity contribution in [2.75, 3.05) is 6.61 Å². The van der Waals surface area contributed by atoms with Crippen LogP contribution in [0.4, 0.5) is 0 Å². The Morgan fingerprint density at radius 1 is 0.410 bits per heavy atom. The molecular formula is C53H108NO6P. The summed E-state index contributed by atoms with van der Waals surface area (Å²) in [5, 5.41) is 13.6. The first-order chi connectivity index (χ1) is 29.8. The predicted octanol–water partition coefficient (Wildman–Crippen LogP) is 17.3. The van der Waals surface area contributed by atoms with Gasteiger partial charge in [-0.15, -0.1) is 0 Å². The Kier molecular flexibility index (Phi) is 48.6. The number of nitrogens with one attached hydrogen (secondary N) is 1. The number of rotatable bonds is 52. The molecule has 0 saturated heterocycles. The Labute approximate surface area is 380 Å². The molecule has 0 radical (unpaired) electrons. The number of aliphatic hydroxyl groups excluding tert-OH is 1. The lowest BCUT2D eigenvalue weighted by molar-refractivity contribution is -0.123. The van der Waals surface area contributed by atoms with Crippen LogP contribution in [-0.2, 0) is 13.9 Å². The number of unbranched alkanes of at least 4 members (excludes halogenated alkanes) is 43. The van der Waals surface area contributed by atoms with Crippen LogP contribution in [0.5, 0.6) is 0 Å². The summed E-state index contributed by atoms with van der Waals surface area (Å²) in [5.41, 5.74) is 0. The summed E-state index contributed by atoms with van der Waals surface area (Å²) in [7, 11) is -4.69. The molecule has 8 heteroatoms. The normalized spacial score (nSPS) is 12.9. The van der Waals surface area contributed by atoms with Gasteiger partial charge in [0.2, 0.25) is 5.91 Å². The molecule has 0 spiro atoms. The minimum absolute atomic E-state index is 0.185. The second-order valence-electron chi connectivity index (χ2n) is 19.3. The third-order valence-corrected chi connectivity index (χ3v) is 13.6. The summed E-state index contributed by atoms with van der Waals surface area (Å²) < 4.78 is 16.0. The van der Waals surface area contributed by atoms with Crippen LogP contribution in [0.3, 0.4) is 0 Å². The molecule has 0 aliphatic carbocycles. The molecule has 0 rings (SSSR count). The lowest BCUT2D eigenvalue weighted by atomic mass is 10.0. The molecule has 0 aromatic carbocycles. The van der Waals surface area contributed by atoms with Crippen LogP contribution in [0.2, 0.25) is 0 Å². The summed E-state index contributed by atoms with van der Waals surface area (Å²) in [4.78, 5) is 31.1. The molecular weight excluding hydrogens is 778 g/mol. The van der Waals surface area contributed by atoms with E-state index < -0.39 is 26.6 Å². The van der Waals surface area contributed by atoms with Crippen molar-refractivity contribution in [3.63, 3.8) is 0 Å². The first kappa shape index (κ1) is 60.5. The van der Waals surface area contributed by atoms with Gasteiger partial charge in [-0.25, -0.2) is 4.57 Å². The highest BCUT2D eigenvalue weighted by atomic mass is 31.2. The molecule has 2 atom stereocenters. The predicted molar refractivity (Wildman–Crippen MR) is 264 cm³/mol. The van der Waals surface area contributed by atoms with Crippen molar-refractivity contribution in [2.24, 2.45) is 0 Å². The first-order valence-electron chi connectivity index (χ1n) is 27.5. The van der Waals surface area contributed by atoms with Gasteiger partial charge >= 0.3 is 7.82 Å². The van der Waals surface area contributed by atoms with E-state index >= 15 is 0 Å². The fourth-order valence-corrected chi connectivity index (χ4v) is 9.29. The van der Waals surface area contributed by atoms with E-state index in [-0.39, 0.29) is 5.91 Å². The highest BCUT2D eigenvalue weighted by Gasteiger charge is 2.25. The zero-order valence-electron chi connectivity index (χ0n) is 41.1. The van der Waals surface area contributed by atoms with Crippen LogP contribution in [0.25, 0.3) is 0 Å². The zero-order valence-corrected chi connectivity index (χ0v) is 42.0. The maximum Gasteiger partial charge on any atom is 0.469 e. The molecule has 0 aliphatic heterocycles. The van der Waals surface area contributed by atoms with Gasteiger partial charge in [0.15, 0.2) is 0 Å². The minimum Gasteiger partial charge on any atom is -0.391 e. The molecule has 0 fully saturated rings. The number of hydrogen-bond acceptors (Lipinski definition) is 4. The molecule has 61 heavy (non-hydrogen) atoms. The highest BCUT2D eigenvalue weighted by Crippen LogP contribution is 2.36. The largest absolute Gasteiger partial charge is 0.469 e. The second-order valence-corrected chi connectivity index (χ2v) is 20.5. The van der Waals surface area contributed by atoms with Crippen LogP contribution in [0.1, 0.15) is 316 Å². The molecule has 7 nitrogen and oxygen atoms in total. The van der Waals surface area contributed by atoms with Gasteiger partial charge in [-0.1, -0.05) is 296 Å². The quantitative estimate of drug-likeness (QED) is 0.0357. The van der Waals surface area contributed by atoms with E-state index in [1.165, 1.54) is 250 Å². The minimum atomic E-state index is -4.69. The van der Waals surface area contributed by atoms with Gasteiger partial charge in [0.25, 0.3) is 0 Å². The van der Waals surface area contributed by atoms with E-state index in [1.54, 1.807) is 0 Å². The van der Waals surface area contributed by atoms with Gasteiger partial charge in [-0.2, -0.15) is 0 Å². The van der Waals surface area contributed by atoms with E-state index in [4.69, 9.17) is 4.52 Å². The molecule has 366 valence electrons. The van der Waals surface area contributed by atoms with Gasteiger partial charge in [0.1, 0.15) is 0 Å². The van der Waals surface area contributed by atoms with Crippen LogP contribution < -0.4 is 5.32 Å². The monoisotopic (exact) mass is 886 g/mol. The van der Waals surface area contributed by atoms with Crippen molar-refractivity contribution < 1.29 is 28.8 Å². The first-order valence-corrected chi connectivity index (χ1v) is 29.0. The molecule has 0 unspecified atom stereocenters. The van der Waals surface area contributed by atoms with E-state index in [0.29, 0.717) is 12.8 Å². The third kappa shape index (κ3) is 50.4. The van der Waals surface area contributed by atoms with Crippen LogP contribution in [0, 0.1) is 0 Å². The van der Waals surface area contributed by atoms with E-state index in [1.807, 2.05) is 0 Å². The Bertz CT molecular complexity index is 915.